The number of para-hydroxylation sites is 1. The van der Waals surface area contributed by atoms with Crippen LogP contribution in [0.3, 0.4) is 0 Å². The maximum absolute atomic E-state index is 12.8. The van der Waals surface area contributed by atoms with E-state index in [1.54, 1.807) is 18.2 Å². The second-order valence-electron chi connectivity index (χ2n) is 7.60. The van der Waals surface area contributed by atoms with Crippen molar-refractivity contribution in [3.05, 3.63) is 112 Å². The van der Waals surface area contributed by atoms with Crippen molar-refractivity contribution < 1.29 is 24.0 Å². The molecule has 1 N–H and O–H groups in total. The van der Waals surface area contributed by atoms with Crippen LogP contribution in [-0.4, -0.2) is 22.9 Å². The largest absolute Gasteiger partial charge is 0.461 e. The summed E-state index contributed by atoms with van der Waals surface area (Å²) in [5.41, 5.74) is 2.08. The summed E-state index contributed by atoms with van der Waals surface area (Å²) in [6.45, 7) is 0.301. The molecule has 8 heteroatoms. The molecule has 0 aliphatic rings. The summed E-state index contributed by atoms with van der Waals surface area (Å²) in [6, 6.07) is 24.0. The first kappa shape index (κ1) is 24.6. The van der Waals surface area contributed by atoms with Crippen LogP contribution in [0.2, 0.25) is 0 Å². The topological polar surface area (TPSA) is 108 Å². The number of benzene rings is 3. The Morgan fingerprint density at radius 2 is 1.38 bits per heavy atom. The molecule has 0 aromatic heterocycles. The molecule has 0 aliphatic heterocycles. The van der Waals surface area contributed by atoms with Gasteiger partial charge in [0.25, 0.3) is 5.69 Å². The minimum absolute atomic E-state index is 0.0121. The number of nitro groups is 1. The van der Waals surface area contributed by atoms with Gasteiger partial charge < -0.3 is 14.8 Å². The minimum atomic E-state index is -0.840. The molecule has 8 nitrogen and oxygen atoms in total. The molecule has 176 valence electrons. The van der Waals surface area contributed by atoms with Crippen LogP contribution in [0.15, 0.2) is 84.9 Å². The number of nitro benzene ring substituents is 1. The van der Waals surface area contributed by atoms with Crippen LogP contribution in [0.4, 0.5) is 5.69 Å². The van der Waals surface area contributed by atoms with Gasteiger partial charge in [-0.05, 0) is 17.5 Å². The highest BCUT2D eigenvalue weighted by molar-refractivity contribution is 5.77. The Morgan fingerprint density at radius 3 is 2.00 bits per heavy atom. The van der Waals surface area contributed by atoms with E-state index in [9.17, 15) is 19.7 Å². The fraction of sp³-hybridized carbons (Fsp3) is 0.231. The SMILES string of the molecule is O=C(CC[C@H](NCc1ccccc1[N+](=O)[O-])C(=O)OCc1ccccc1)OCc1ccccc1. The predicted molar refractivity (Wildman–Crippen MR) is 125 cm³/mol. The highest BCUT2D eigenvalue weighted by atomic mass is 16.6. The van der Waals surface area contributed by atoms with Crippen LogP contribution >= 0.6 is 0 Å². The summed E-state index contributed by atoms with van der Waals surface area (Å²) in [7, 11) is 0. The van der Waals surface area contributed by atoms with Gasteiger partial charge in [0.15, 0.2) is 0 Å². The number of rotatable bonds is 12. The average molecular weight is 463 g/mol. The third-order valence-electron chi connectivity index (χ3n) is 5.12. The fourth-order valence-electron chi connectivity index (χ4n) is 3.28. The van der Waals surface area contributed by atoms with Gasteiger partial charge in [-0.15, -0.1) is 0 Å². The lowest BCUT2D eigenvalue weighted by molar-refractivity contribution is -0.385. The molecule has 3 aromatic rings. The van der Waals surface area contributed by atoms with Crippen molar-refractivity contribution in [1.29, 1.82) is 0 Å². The van der Waals surface area contributed by atoms with Crippen LogP contribution < -0.4 is 5.32 Å². The fourth-order valence-corrected chi connectivity index (χ4v) is 3.28. The van der Waals surface area contributed by atoms with E-state index in [2.05, 4.69) is 5.32 Å². The van der Waals surface area contributed by atoms with Gasteiger partial charge in [-0.1, -0.05) is 78.9 Å². The van der Waals surface area contributed by atoms with Crippen molar-refractivity contribution in [2.75, 3.05) is 0 Å². The third kappa shape index (κ3) is 7.83. The van der Waals surface area contributed by atoms with E-state index in [-0.39, 0.29) is 38.3 Å². The lowest BCUT2D eigenvalue weighted by atomic mass is 10.1. The van der Waals surface area contributed by atoms with E-state index in [4.69, 9.17) is 9.47 Å². The molecule has 0 heterocycles. The van der Waals surface area contributed by atoms with E-state index in [0.29, 0.717) is 5.56 Å². The Kier molecular flexibility index (Phi) is 9.30. The monoisotopic (exact) mass is 462 g/mol. The number of esters is 2. The first-order chi connectivity index (χ1) is 16.5. The number of ether oxygens (including phenoxy) is 2. The second kappa shape index (κ2) is 12.9. The summed E-state index contributed by atoms with van der Waals surface area (Å²) in [5.74, 6) is -0.990. The van der Waals surface area contributed by atoms with Gasteiger partial charge in [0, 0.05) is 24.6 Å². The van der Waals surface area contributed by atoms with Gasteiger partial charge in [-0.25, -0.2) is 0 Å². The van der Waals surface area contributed by atoms with Crippen molar-refractivity contribution in [3.8, 4) is 0 Å². The molecular formula is C26H26N2O6. The van der Waals surface area contributed by atoms with E-state index >= 15 is 0 Å². The Balaban J connectivity index is 1.60. The van der Waals surface area contributed by atoms with Crippen molar-refractivity contribution in [1.82, 2.24) is 5.32 Å². The van der Waals surface area contributed by atoms with Crippen molar-refractivity contribution in [2.24, 2.45) is 0 Å². The first-order valence-corrected chi connectivity index (χ1v) is 10.9. The minimum Gasteiger partial charge on any atom is -0.461 e. The van der Waals surface area contributed by atoms with Crippen molar-refractivity contribution in [3.63, 3.8) is 0 Å². The standard InChI is InChI=1S/C26H26N2O6/c29-25(33-18-20-9-3-1-4-10-20)16-15-23(26(30)34-19-21-11-5-2-6-12-21)27-17-22-13-7-8-14-24(22)28(31)32/h1-14,23,27H,15-19H2/t23-/m0/s1. The van der Waals surface area contributed by atoms with Crippen LogP contribution in [0, 0.1) is 10.1 Å². The van der Waals surface area contributed by atoms with E-state index in [0.717, 1.165) is 11.1 Å². The summed E-state index contributed by atoms with van der Waals surface area (Å²) < 4.78 is 10.7. The number of nitrogens with one attached hydrogen (secondary N) is 1. The molecule has 34 heavy (non-hydrogen) atoms. The summed E-state index contributed by atoms with van der Waals surface area (Å²) in [4.78, 5) is 35.8. The average Bonchev–Trinajstić information content (AvgIpc) is 2.87. The van der Waals surface area contributed by atoms with Gasteiger partial charge in [-0.3, -0.25) is 19.7 Å². The second-order valence-corrected chi connectivity index (χ2v) is 7.60. The van der Waals surface area contributed by atoms with Crippen LogP contribution in [0.1, 0.15) is 29.5 Å². The lowest BCUT2D eigenvalue weighted by Crippen LogP contribution is -2.38. The lowest BCUT2D eigenvalue weighted by Gasteiger charge is -2.18. The van der Waals surface area contributed by atoms with Crippen LogP contribution in [0.25, 0.3) is 0 Å². The van der Waals surface area contributed by atoms with Crippen LogP contribution in [0.5, 0.6) is 0 Å². The quantitative estimate of drug-likeness (QED) is 0.243. The van der Waals surface area contributed by atoms with Gasteiger partial charge in [0.1, 0.15) is 19.3 Å². The number of hydrogen-bond acceptors (Lipinski definition) is 7. The smallest absolute Gasteiger partial charge is 0.323 e. The molecule has 3 rings (SSSR count). The molecule has 0 bridgehead atoms. The van der Waals surface area contributed by atoms with Gasteiger partial charge >= 0.3 is 11.9 Å². The highest BCUT2D eigenvalue weighted by Crippen LogP contribution is 2.18. The zero-order valence-electron chi connectivity index (χ0n) is 18.6. The zero-order valence-corrected chi connectivity index (χ0v) is 18.6. The number of hydrogen-bond donors (Lipinski definition) is 1. The van der Waals surface area contributed by atoms with Gasteiger partial charge in [0.2, 0.25) is 0 Å². The third-order valence-corrected chi connectivity index (χ3v) is 5.12. The molecule has 0 saturated heterocycles. The maximum Gasteiger partial charge on any atom is 0.323 e. The first-order valence-electron chi connectivity index (χ1n) is 10.9. The summed E-state index contributed by atoms with van der Waals surface area (Å²) in [6.07, 6.45) is 0.115. The van der Waals surface area contributed by atoms with Gasteiger partial charge in [0.05, 0.1) is 4.92 Å². The van der Waals surface area contributed by atoms with Crippen molar-refractivity contribution in [2.45, 2.75) is 38.6 Å². The Labute approximate surface area is 197 Å². The zero-order chi connectivity index (χ0) is 24.2. The molecule has 0 spiro atoms. The Hall–Kier alpha value is -4.04. The molecule has 0 radical (unpaired) electrons. The van der Waals surface area contributed by atoms with Gasteiger partial charge in [-0.2, -0.15) is 0 Å². The highest BCUT2D eigenvalue weighted by Gasteiger charge is 2.23. The molecular weight excluding hydrogens is 436 g/mol. The number of carbonyl (C=O) groups excluding carboxylic acids is 2. The maximum atomic E-state index is 12.8. The van der Waals surface area contributed by atoms with Crippen LogP contribution in [-0.2, 0) is 38.8 Å². The van der Waals surface area contributed by atoms with E-state index < -0.39 is 22.9 Å². The Bertz CT molecular complexity index is 1090. The molecule has 0 saturated carbocycles. The summed E-state index contributed by atoms with van der Waals surface area (Å²) in [5, 5.41) is 14.3. The molecule has 1 atom stereocenters. The molecule has 0 fully saturated rings. The number of carbonyl (C=O) groups is 2. The van der Waals surface area contributed by atoms with E-state index in [1.807, 2.05) is 60.7 Å². The summed E-state index contributed by atoms with van der Waals surface area (Å²) >= 11 is 0. The number of nitrogens with zero attached hydrogens (tertiary/aromatic N) is 1. The molecule has 0 amide bonds. The Morgan fingerprint density at radius 1 is 0.824 bits per heavy atom. The molecule has 3 aromatic carbocycles. The predicted octanol–water partition coefficient (Wildman–Crippen LogP) is 4.32. The van der Waals surface area contributed by atoms with E-state index in [1.165, 1.54) is 6.07 Å². The normalized spacial score (nSPS) is 11.4. The molecule has 0 unspecified atom stereocenters. The van der Waals surface area contributed by atoms with Crippen molar-refractivity contribution >= 4 is 17.6 Å². The molecule has 0 aliphatic carbocycles.